The van der Waals surface area contributed by atoms with E-state index in [0.29, 0.717) is 0 Å². The van der Waals surface area contributed by atoms with Gasteiger partial charge in [-0.3, -0.25) is 0 Å². The van der Waals surface area contributed by atoms with E-state index in [9.17, 15) is 0 Å². The molecule has 0 fully saturated rings. The summed E-state index contributed by atoms with van der Waals surface area (Å²) in [6.45, 7) is 0. The van der Waals surface area contributed by atoms with Crippen molar-refractivity contribution in [3.8, 4) is 0 Å². The predicted molar refractivity (Wildman–Crippen MR) is 48.5 cm³/mol. The first-order valence-corrected chi connectivity index (χ1v) is 9.19. The van der Waals surface area contributed by atoms with Gasteiger partial charge in [0, 0.05) is 0 Å². The maximum absolute atomic E-state index is 4.88. The van der Waals surface area contributed by atoms with Gasteiger partial charge < -0.3 is 0 Å². The quantitative estimate of drug-likeness (QED) is 0.600. The van der Waals surface area contributed by atoms with Crippen molar-refractivity contribution in [1.29, 1.82) is 0 Å². The van der Waals surface area contributed by atoms with Crippen molar-refractivity contribution < 1.29 is 16.5 Å². The molecule has 0 nitrogen and oxygen atoms in total. The molecule has 0 aliphatic heterocycles. The van der Waals surface area contributed by atoms with Crippen LogP contribution in [0.1, 0.15) is 25.7 Å². The molecule has 1 aliphatic carbocycles. The van der Waals surface area contributed by atoms with Crippen LogP contribution in [0.2, 0.25) is 0 Å². The SMILES string of the molecule is C1=CCCCCC=C1.[Cl][Pt][Cl]. The third kappa shape index (κ3) is 10.7. The normalized spacial score (nSPS) is 16.5. The second-order valence-electron chi connectivity index (χ2n) is 2.19. The molecule has 0 amide bonds. The van der Waals surface area contributed by atoms with Crippen molar-refractivity contribution in [3.05, 3.63) is 24.3 Å². The Morgan fingerprint density at radius 1 is 0.909 bits per heavy atom. The molecule has 0 bridgehead atoms. The second kappa shape index (κ2) is 10.7. The van der Waals surface area contributed by atoms with Gasteiger partial charge in [-0.25, -0.2) is 0 Å². The zero-order valence-electron chi connectivity index (χ0n) is 6.21. The monoisotopic (exact) mass is 373 g/mol. The fraction of sp³-hybridized carbons (Fsp3) is 0.500. The molecule has 0 aromatic rings. The zero-order valence-corrected chi connectivity index (χ0v) is 9.99. The molecule has 68 valence electrons. The molecule has 0 atom stereocenters. The summed E-state index contributed by atoms with van der Waals surface area (Å²) in [4.78, 5) is 0. The van der Waals surface area contributed by atoms with Crippen LogP contribution >= 0.6 is 18.8 Å². The number of hydrogen-bond donors (Lipinski definition) is 0. The summed E-state index contributed by atoms with van der Waals surface area (Å²) in [5.41, 5.74) is 0. The summed E-state index contributed by atoms with van der Waals surface area (Å²) in [7, 11) is 9.75. The first-order valence-electron chi connectivity index (χ1n) is 3.56. The second-order valence-corrected chi connectivity index (χ2v) is 5.47. The van der Waals surface area contributed by atoms with Crippen molar-refractivity contribution in [3.63, 3.8) is 0 Å². The van der Waals surface area contributed by atoms with Crippen LogP contribution in [-0.4, -0.2) is 0 Å². The Kier molecular flexibility index (Phi) is 11.5. The van der Waals surface area contributed by atoms with Crippen molar-refractivity contribution in [2.75, 3.05) is 0 Å². The van der Waals surface area contributed by atoms with E-state index in [-0.39, 0.29) is 0 Å². The molecule has 1 aliphatic rings. The van der Waals surface area contributed by atoms with E-state index < -0.39 is 16.5 Å². The Balaban J connectivity index is 0.000000292. The molecule has 0 radical (unpaired) electrons. The standard InChI is InChI=1S/C8H12.2ClH.Pt/c1-2-4-6-8-7-5-3-1;;;/h1-4H,5-8H2;2*1H;/q;;;+2/p-2. The van der Waals surface area contributed by atoms with Crippen LogP contribution in [-0.2, 0) is 16.5 Å². The molecule has 1 rings (SSSR count). The minimum absolute atomic E-state index is 0.472. The van der Waals surface area contributed by atoms with E-state index in [2.05, 4.69) is 24.3 Å². The fourth-order valence-electron chi connectivity index (χ4n) is 0.874. The molecule has 0 heterocycles. The zero-order chi connectivity index (χ0) is 8.36. The van der Waals surface area contributed by atoms with Crippen LogP contribution in [0.25, 0.3) is 0 Å². The summed E-state index contributed by atoms with van der Waals surface area (Å²) in [5, 5.41) is 0. The van der Waals surface area contributed by atoms with Gasteiger partial charge in [-0.2, -0.15) is 0 Å². The van der Waals surface area contributed by atoms with E-state index in [1.165, 1.54) is 25.7 Å². The minimum atomic E-state index is -0.472. The Morgan fingerprint density at radius 2 is 1.27 bits per heavy atom. The van der Waals surface area contributed by atoms with Crippen molar-refractivity contribution in [1.82, 2.24) is 0 Å². The number of allylic oxidation sites excluding steroid dienone is 4. The van der Waals surface area contributed by atoms with Crippen LogP contribution < -0.4 is 0 Å². The molecule has 3 heteroatoms. The number of halogens is 2. The summed E-state index contributed by atoms with van der Waals surface area (Å²) in [6, 6.07) is 0. The van der Waals surface area contributed by atoms with Crippen molar-refractivity contribution in [2.45, 2.75) is 25.7 Å². The number of hydrogen-bond acceptors (Lipinski definition) is 0. The van der Waals surface area contributed by atoms with Gasteiger partial charge >= 0.3 is 35.3 Å². The van der Waals surface area contributed by atoms with Gasteiger partial charge in [-0.05, 0) is 25.7 Å². The summed E-state index contributed by atoms with van der Waals surface area (Å²) < 4.78 is 0. The molecule has 11 heavy (non-hydrogen) atoms. The van der Waals surface area contributed by atoms with Gasteiger partial charge in [-0.15, -0.1) is 0 Å². The fourth-order valence-corrected chi connectivity index (χ4v) is 0.874. The van der Waals surface area contributed by atoms with Crippen LogP contribution in [0.5, 0.6) is 0 Å². The molecular formula is C8H12Cl2Pt. The van der Waals surface area contributed by atoms with E-state index in [1.54, 1.807) is 0 Å². The van der Waals surface area contributed by atoms with Gasteiger partial charge in [0.15, 0.2) is 0 Å². The van der Waals surface area contributed by atoms with Gasteiger partial charge in [-0.1, -0.05) is 24.3 Å². The van der Waals surface area contributed by atoms with E-state index in [4.69, 9.17) is 18.8 Å². The molecule has 0 aromatic carbocycles. The van der Waals surface area contributed by atoms with Gasteiger partial charge in [0.1, 0.15) is 0 Å². The Labute approximate surface area is 85.0 Å². The molecule has 0 aromatic heterocycles. The summed E-state index contributed by atoms with van der Waals surface area (Å²) in [5.74, 6) is 0. The molecular weight excluding hydrogens is 362 g/mol. The Hall–Kier alpha value is 0.748. The van der Waals surface area contributed by atoms with Crippen LogP contribution in [0.3, 0.4) is 0 Å². The third-order valence-electron chi connectivity index (χ3n) is 1.37. The predicted octanol–water partition coefficient (Wildman–Crippen LogP) is 4.05. The average Bonchev–Trinajstić information content (AvgIpc) is 1.86. The molecule has 0 N–H and O–H groups in total. The van der Waals surface area contributed by atoms with E-state index in [1.807, 2.05) is 0 Å². The molecule has 0 spiro atoms. The van der Waals surface area contributed by atoms with Crippen LogP contribution in [0.4, 0.5) is 0 Å². The van der Waals surface area contributed by atoms with Gasteiger partial charge in [0.05, 0.1) is 0 Å². The number of rotatable bonds is 0. The average molecular weight is 374 g/mol. The van der Waals surface area contributed by atoms with E-state index in [0.717, 1.165) is 0 Å². The Morgan fingerprint density at radius 3 is 1.64 bits per heavy atom. The first kappa shape index (κ1) is 11.7. The Bertz CT molecular complexity index is 107. The van der Waals surface area contributed by atoms with Gasteiger partial charge in [0.25, 0.3) is 0 Å². The molecule has 0 saturated carbocycles. The summed E-state index contributed by atoms with van der Waals surface area (Å²) in [6.07, 6.45) is 14.0. The maximum atomic E-state index is 4.88. The van der Waals surface area contributed by atoms with Crippen LogP contribution in [0, 0.1) is 0 Å². The van der Waals surface area contributed by atoms with Crippen molar-refractivity contribution in [2.24, 2.45) is 0 Å². The third-order valence-corrected chi connectivity index (χ3v) is 1.37. The van der Waals surface area contributed by atoms with Crippen molar-refractivity contribution >= 4 is 18.8 Å². The van der Waals surface area contributed by atoms with Gasteiger partial charge in [0.2, 0.25) is 0 Å². The van der Waals surface area contributed by atoms with E-state index >= 15 is 0 Å². The topological polar surface area (TPSA) is 0 Å². The molecule has 0 unspecified atom stereocenters. The summed E-state index contributed by atoms with van der Waals surface area (Å²) >= 11 is -0.472. The van der Waals surface area contributed by atoms with Crippen LogP contribution in [0.15, 0.2) is 24.3 Å². The first-order chi connectivity index (χ1) is 5.41. The molecule has 0 saturated heterocycles.